The van der Waals surface area contributed by atoms with Crippen LogP contribution in [0.4, 0.5) is 0 Å². The Kier molecular flexibility index (Phi) is 5.63. The number of aliphatic carboxylic acids is 2. The maximum Gasteiger partial charge on any atom is 0.341 e. The first kappa shape index (κ1) is 20.8. The van der Waals surface area contributed by atoms with E-state index in [2.05, 4.69) is 0 Å². The number of hydrogen-bond donors (Lipinski definition) is 2. The highest BCUT2D eigenvalue weighted by atomic mass is 16.5. The molecule has 0 atom stereocenters. The number of rotatable bonds is 6. The van der Waals surface area contributed by atoms with E-state index in [1.165, 1.54) is 0 Å². The van der Waals surface area contributed by atoms with Gasteiger partial charge in [-0.1, -0.05) is 12.1 Å². The van der Waals surface area contributed by atoms with Crippen LogP contribution in [0.1, 0.15) is 50.0 Å². The van der Waals surface area contributed by atoms with Gasteiger partial charge in [-0.05, 0) is 43.4 Å². The largest absolute Gasteiger partial charge is 0.482 e. The number of carboxylic acid groups (broad SMARTS) is 2. The minimum Gasteiger partial charge on any atom is -0.482 e. The number of benzene rings is 1. The highest BCUT2D eigenvalue weighted by molar-refractivity contribution is 6.06. The van der Waals surface area contributed by atoms with E-state index in [0.29, 0.717) is 66.8 Å². The number of carboxylic acids is 2. The Labute approximate surface area is 178 Å². The van der Waals surface area contributed by atoms with Gasteiger partial charge in [0.25, 0.3) is 0 Å². The van der Waals surface area contributed by atoms with Gasteiger partial charge in [-0.3, -0.25) is 14.4 Å². The number of allylic oxidation sites excluding steroid dienone is 4. The van der Waals surface area contributed by atoms with Crippen LogP contribution in [-0.4, -0.2) is 51.8 Å². The summed E-state index contributed by atoms with van der Waals surface area (Å²) in [5, 5.41) is 18.2. The lowest BCUT2D eigenvalue weighted by molar-refractivity contribution is -0.139. The summed E-state index contributed by atoms with van der Waals surface area (Å²) in [7, 11) is 0. The molecule has 0 spiro atoms. The van der Waals surface area contributed by atoms with Crippen LogP contribution >= 0.6 is 0 Å². The Morgan fingerprint density at radius 3 is 1.90 bits per heavy atom. The number of hydrogen-bond acceptors (Lipinski definition) is 6. The van der Waals surface area contributed by atoms with Crippen molar-refractivity contribution in [2.45, 2.75) is 44.4 Å². The summed E-state index contributed by atoms with van der Waals surface area (Å²) in [4.78, 5) is 50.0. The summed E-state index contributed by atoms with van der Waals surface area (Å²) in [6.07, 6.45) is 3.23. The van der Waals surface area contributed by atoms with Crippen molar-refractivity contribution >= 4 is 23.5 Å². The van der Waals surface area contributed by atoms with E-state index in [-0.39, 0.29) is 18.1 Å². The summed E-state index contributed by atoms with van der Waals surface area (Å²) in [5.74, 6) is -2.37. The summed E-state index contributed by atoms with van der Waals surface area (Å²) in [6.45, 7) is -0.735. The Hall–Kier alpha value is -3.42. The lowest BCUT2D eigenvalue weighted by Gasteiger charge is -2.43. The van der Waals surface area contributed by atoms with Crippen molar-refractivity contribution in [2.75, 3.05) is 13.2 Å². The molecule has 1 aromatic carbocycles. The van der Waals surface area contributed by atoms with E-state index >= 15 is 0 Å². The number of carbonyl (C=O) groups is 4. The van der Waals surface area contributed by atoms with Gasteiger partial charge in [0.1, 0.15) is 12.3 Å². The maximum atomic E-state index is 13.0. The number of Topliss-reactive ketones (excluding diaryl/α,β-unsaturated/α-hetero) is 2. The van der Waals surface area contributed by atoms with Gasteiger partial charge in [0, 0.05) is 41.3 Å². The van der Waals surface area contributed by atoms with Gasteiger partial charge in [-0.2, -0.15) is 0 Å². The van der Waals surface area contributed by atoms with E-state index in [9.17, 15) is 24.3 Å². The van der Waals surface area contributed by atoms with Gasteiger partial charge in [0.05, 0.1) is 0 Å². The van der Waals surface area contributed by atoms with Crippen LogP contribution in [0, 0.1) is 0 Å². The first-order valence-electron chi connectivity index (χ1n) is 10.3. The van der Waals surface area contributed by atoms with E-state index in [0.717, 1.165) is 5.56 Å². The topological polar surface area (TPSA) is 121 Å². The molecule has 162 valence electrons. The fourth-order valence-corrected chi connectivity index (χ4v) is 4.78. The van der Waals surface area contributed by atoms with E-state index < -0.39 is 24.5 Å². The lowest BCUT2D eigenvalue weighted by atomic mass is 9.71. The molecule has 1 aliphatic heterocycles. The molecule has 2 N–H and O–H groups in total. The van der Waals surface area contributed by atoms with Gasteiger partial charge >= 0.3 is 11.9 Å². The van der Waals surface area contributed by atoms with Crippen LogP contribution in [0.2, 0.25) is 0 Å². The first-order valence-corrected chi connectivity index (χ1v) is 10.3. The first-order chi connectivity index (χ1) is 14.9. The molecule has 0 bridgehead atoms. The zero-order valence-corrected chi connectivity index (χ0v) is 16.9. The van der Waals surface area contributed by atoms with Crippen molar-refractivity contribution in [1.29, 1.82) is 0 Å². The van der Waals surface area contributed by atoms with E-state index in [1.807, 2.05) is 0 Å². The third-order valence-corrected chi connectivity index (χ3v) is 5.96. The minimum atomic E-state index is -1.08. The van der Waals surface area contributed by atoms with Gasteiger partial charge < -0.3 is 19.8 Å². The van der Waals surface area contributed by atoms with Crippen molar-refractivity contribution in [3.63, 3.8) is 0 Å². The fourth-order valence-electron chi connectivity index (χ4n) is 4.78. The Balaban J connectivity index is 1.81. The quantitative estimate of drug-likeness (QED) is 0.714. The van der Waals surface area contributed by atoms with Crippen molar-refractivity contribution in [1.82, 2.24) is 4.90 Å². The van der Waals surface area contributed by atoms with Crippen LogP contribution in [0.5, 0.6) is 5.75 Å². The van der Waals surface area contributed by atoms with E-state index in [4.69, 9.17) is 9.84 Å². The predicted octanol–water partition coefficient (Wildman–Crippen LogP) is 2.65. The summed E-state index contributed by atoms with van der Waals surface area (Å²) in [6, 6.07) is 6.74. The summed E-state index contributed by atoms with van der Waals surface area (Å²) in [5.41, 5.74) is 3.19. The predicted molar refractivity (Wildman–Crippen MR) is 108 cm³/mol. The Bertz CT molecular complexity index is 975. The van der Waals surface area contributed by atoms with Crippen LogP contribution in [-0.2, 0) is 19.2 Å². The SMILES string of the molecule is O=C(O)COc1ccc(C2C3=C(CCCC3=O)N(CC(=O)O)C3=C2C(=O)CCC3)cc1. The van der Waals surface area contributed by atoms with Crippen LogP contribution < -0.4 is 4.74 Å². The average Bonchev–Trinajstić information content (AvgIpc) is 2.73. The molecule has 0 saturated carbocycles. The Morgan fingerprint density at radius 1 is 0.871 bits per heavy atom. The zero-order chi connectivity index (χ0) is 22.1. The molecule has 31 heavy (non-hydrogen) atoms. The average molecular weight is 425 g/mol. The van der Waals surface area contributed by atoms with Crippen molar-refractivity contribution in [3.8, 4) is 5.75 Å². The molecular weight excluding hydrogens is 402 g/mol. The molecule has 0 amide bonds. The molecule has 1 heterocycles. The molecule has 4 rings (SSSR count). The molecular formula is C23H23NO7. The molecule has 2 aliphatic carbocycles. The molecule has 1 aromatic rings. The molecule has 0 unspecified atom stereocenters. The minimum absolute atomic E-state index is 0.0576. The molecule has 0 fully saturated rings. The maximum absolute atomic E-state index is 13.0. The monoisotopic (exact) mass is 425 g/mol. The zero-order valence-electron chi connectivity index (χ0n) is 16.9. The van der Waals surface area contributed by atoms with Gasteiger partial charge in [-0.15, -0.1) is 0 Å². The van der Waals surface area contributed by atoms with E-state index in [1.54, 1.807) is 29.2 Å². The molecule has 0 aromatic heterocycles. The number of ketones is 2. The second-order valence-electron chi connectivity index (χ2n) is 7.94. The van der Waals surface area contributed by atoms with Crippen LogP contribution in [0.25, 0.3) is 0 Å². The number of nitrogens with zero attached hydrogens (tertiary/aromatic N) is 1. The highest BCUT2D eigenvalue weighted by Gasteiger charge is 2.43. The summed E-state index contributed by atoms with van der Waals surface area (Å²) >= 11 is 0. The van der Waals surface area contributed by atoms with Crippen molar-refractivity contribution < 1.29 is 34.1 Å². The molecule has 8 nitrogen and oxygen atoms in total. The van der Waals surface area contributed by atoms with Crippen LogP contribution in [0.3, 0.4) is 0 Å². The van der Waals surface area contributed by atoms with Gasteiger partial charge in [-0.25, -0.2) is 4.79 Å². The standard InChI is InChI=1S/C23H23NO7/c25-17-5-1-3-15-22(17)21(13-7-9-14(10-8-13)31-12-20(29)30)23-16(4-2-6-18(23)26)24(15)11-19(27)28/h7-10,21H,1-6,11-12H2,(H,27,28)(H,29,30). The lowest BCUT2D eigenvalue weighted by Crippen LogP contribution is -2.41. The molecule has 8 heteroatoms. The number of carbonyl (C=O) groups excluding carboxylic acids is 2. The second kappa shape index (κ2) is 8.37. The van der Waals surface area contributed by atoms with Crippen molar-refractivity contribution in [3.05, 3.63) is 52.4 Å². The highest BCUT2D eigenvalue weighted by Crippen LogP contribution is 2.49. The molecule has 3 aliphatic rings. The van der Waals surface area contributed by atoms with Gasteiger partial charge in [0.2, 0.25) is 0 Å². The third kappa shape index (κ3) is 3.97. The molecule has 0 radical (unpaired) electrons. The Morgan fingerprint density at radius 2 is 1.42 bits per heavy atom. The van der Waals surface area contributed by atoms with Crippen LogP contribution in [0.15, 0.2) is 46.8 Å². The molecule has 0 saturated heterocycles. The third-order valence-electron chi connectivity index (χ3n) is 5.96. The summed E-state index contributed by atoms with van der Waals surface area (Å²) < 4.78 is 5.20. The second-order valence-corrected chi connectivity index (χ2v) is 7.94. The number of ether oxygens (including phenoxy) is 1. The van der Waals surface area contributed by atoms with Crippen molar-refractivity contribution in [2.24, 2.45) is 0 Å². The smallest absolute Gasteiger partial charge is 0.341 e. The normalized spacial score (nSPS) is 19.3. The fraction of sp³-hybridized carbons (Fsp3) is 0.391. The van der Waals surface area contributed by atoms with Gasteiger partial charge in [0.15, 0.2) is 18.2 Å².